The molecule has 1 fully saturated rings. The lowest BCUT2D eigenvalue weighted by Crippen LogP contribution is -2.52. The van der Waals surface area contributed by atoms with Crippen molar-refractivity contribution in [3.05, 3.63) is 60.2 Å². The Morgan fingerprint density at radius 1 is 1.00 bits per heavy atom. The molecule has 0 aromatic heterocycles. The van der Waals surface area contributed by atoms with E-state index < -0.39 is 6.04 Å². The van der Waals surface area contributed by atoms with E-state index in [1.807, 2.05) is 61.5 Å². The molecule has 0 bridgehead atoms. The van der Waals surface area contributed by atoms with Gasteiger partial charge in [0.2, 0.25) is 5.91 Å². The summed E-state index contributed by atoms with van der Waals surface area (Å²) in [4.78, 5) is 28.1. The van der Waals surface area contributed by atoms with E-state index in [0.29, 0.717) is 18.7 Å². The van der Waals surface area contributed by atoms with Gasteiger partial charge in [-0.25, -0.2) is 0 Å². The molecule has 0 aliphatic heterocycles. The number of nitrogens with zero attached hydrogens (tertiary/aromatic N) is 1. The fourth-order valence-electron chi connectivity index (χ4n) is 4.14. The molecule has 1 aliphatic carbocycles. The van der Waals surface area contributed by atoms with Crippen molar-refractivity contribution >= 4 is 11.8 Å². The third-order valence-electron chi connectivity index (χ3n) is 5.95. The number of methoxy groups -OCH3 is 1. The Morgan fingerprint density at radius 2 is 1.69 bits per heavy atom. The average Bonchev–Trinajstić information content (AvgIpc) is 2.84. The Balaban J connectivity index is 1.74. The highest BCUT2D eigenvalue weighted by Gasteiger charge is 2.30. The van der Waals surface area contributed by atoms with Crippen LogP contribution in [0.2, 0.25) is 0 Å². The lowest BCUT2D eigenvalue weighted by Gasteiger charge is -2.32. The summed E-state index contributed by atoms with van der Waals surface area (Å²) in [5.41, 5.74) is 0.933. The molecular weight excluding hydrogens is 404 g/mol. The minimum Gasteiger partial charge on any atom is -0.497 e. The van der Waals surface area contributed by atoms with Crippen molar-refractivity contribution in [2.45, 2.75) is 64.1 Å². The second-order valence-electron chi connectivity index (χ2n) is 8.24. The number of carbonyl (C=O) groups is 2. The molecule has 172 valence electrons. The van der Waals surface area contributed by atoms with Crippen molar-refractivity contribution < 1.29 is 19.1 Å². The van der Waals surface area contributed by atoms with Crippen molar-refractivity contribution in [1.29, 1.82) is 0 Å². The van der Waals surface area contributed by atoms with E-state index in [4.69, 9.17) is 9.47 Å². The van der Waals surface area contributed by atoms with Crippen molar-refractivity contribution in [1.82, 2.24) is 10.2 Å². The molecule has 6 nitrogen and oxygen atoms in total. The van der Waals surface area contributed by atoms with E-state index in [9.17, 15) is 9.59 Å². The zero-order valence-electron chi connectivity index (χ0n) is 19.1. The predicted octanol–water partition coefficient (Wildman–Crippen LogP) is 4.33. The summed E-state index contributed by atoms with van der Waals surface area (Å²) >= 11 is 0. The number of hydrogen-bond donors (Lipinski definition) is 1. The van der Waals surface area contributed by atoms with Crippen LogP contribution in [0.5, 0.6) is 11.5 Å². The van der Waals surface area contributed by atoms with E-state index in [0.717, 1.165) is 37.0 Å². The summed E-state index contributed by atoms with van der Waals surface area (Å²) in [6, 6.07) is 16.5. The van der Waals surface area contributed by atoms with Gasteiger partial charge in [0.25, 0.3) is 5.91 Å². The van der Waals surface area contributed by atoms with Crippen LogP contribution in [-0.2, 0) is 16.1 Å². The van der Waals surface area contributed by atoms with E-state index in [1.165, 1.54) is 6.42 Å². The van der Waals surface area contributed by atoms with Crippen molar-refractivity contribution in [2.24, 2.45) is 0 Å². The summed E-state index contributed by atoms with van der Waals surface area (Å²) < 4.78 is 10.9. The van der Waals surface area contributed by atoms with Gasteiger partial charge in [-0.2, -0.15) is 0 Å². The summed E-state index contributed by atoms with van der Waals surface area (Å²) in [5.74, 6) is 1.09. The topological polar surface area (TPSA) is 67.9 Å². The Bertz CT molecular complexity index is 848. The highest BCUT2D eigenvalue weighted by atomic mass is 16.5. The normalized spacial score (nSPS) is 14.9. The van der Waals surface area contributed by atoms with Gasteiger partial charge in [0.05, 0.1) is 7.11 Å². The number of benzene rings is 2. The SMILES string of the molecule is CC[C@H](C(=O)NC1CCCCC1)N(Cc1ccc(OC)cc1)C(=O)COc1ccccc1. The van der Waals surface area contributed by atoms with Gasteiger partial charge >= 0.3 is 0 Å². The van der Waals surface area contributed by atoms with Gasteiger partial charge < -0.3 is 19.7 Å². The zero-order valence-corrected chi connectivity index (χ0v) is 19.1. The smallest absolute Gasteiger partial charge is 0.261 e. The second-order valence-corrected chi connectivity index (χ2v) is 8.24. The summed E-state index contributed by atoms with van der Waals surface area (Å²) in [5, 5.41) is 3.19. The van der Waals surface area contributed by atoms with E-state index >= 15 is 0 Å². The fourth-order valence-corrected chi connectivity index (χ4v) is 4.14. The Kier molecular flexibility index (Phi) is 8.96. The summed E-state index contributed by atoms with van der Waals surface area (Å²) in [6.07, 6.45) is 6.05. The molecule has 1 N–H and O–H groups in total. The highest BCUT2D eigenvalue weighted by Crippen LogP contribution is 2.20. The number of para-hydroxylation sites is 1. The van der Waals surface area contributed by atoms with Gasteiger partial charge in [-0.3, -0.25) is 9.59 Å². The standard InChI is InChI=1S/C26H34N2O4/c1-3-24(26(30)27-21-10-6-4-7-11-21)28(18-20-14-16-22(31-2)17-15-20)25(29)19-32-23-12-8-5-9-13-23/h5,8-9,12-17,21,24H,3-4,6-7,10-11,18-19H2,1-2H3,(H,27,30)/t24-/m1/s1. The number of amides is 2. The molecular formula is C26H34N2O4. The number of rotatable bonds is 10. The molecule has 0 unspecified atom stereocenters. The lowest BCUT2D eigenvalue weighted by molar-refractivity contribution is -0.143. The van der Waals surface area contributed by atoms with Crippen LogP contribution >= 0.6 is 0 Å². The number of carbonyl (C=O) groups excluding carboxylic acids is 2. The molecule has 32 heavy (non-hydrogen) atoms. The lowest BCUT2D eigenvalue weighted by atomic mass is 9.95. The first kappa shape index (κ1) is 23.6. The molecule has 3 rings (SSSR count). The van der Waals surface area contributed by atoms with Crippen LogP contribution in [0, 0.1) is 0 Å². The van der Waals surface area contributed by atoms with Crippen molar-refractivity contribution in [2.75, 3.05) is 13.7 Å². The fraction of sp³-hybridized carbons (Fsp3) is 0.462. The maximum atomic E-state index is 13.2. The highest BCUT2D eigenvalue weighted by molar-refractivity contribution is 5.88. The first-order valence-corrected chi connectivity index (χ1v) is 11.5. The Hall–Kier alpha value is -3.02. The monoisotopic (exact) mass is 438 g/mol. The predicted molar refractivity (Wildman–Crippen MR) is 125 cm³/mol. The van der Waals surface area contributed by atoms with Crippen LogP contribution in [0.4, 0.5) is 0 Å². The molecule has 1 saturated carbocycles. The van der Waals surface area contributed by atoms with E-state index in [-0.39, 0.29) is 24.5 Å². The Morgan fingerprint density at radius 3 is 2.31 bits per heavy atom. The van der Waals surface area contributed by atoms with Gasteiger partial charge in [0.1, 0.15) is 17.5 Å². The number of nitrogens with one attached hydrogen (secondary N) is 1. The van der Waals surface area contributed by atoms with Gasteiger partial charge in [0, 0.05) is 12.6 Å². The van der Waals surface area contributed by atoms with E-state index in [1.54, 1.807) is 12.0 Å². The first-order valence-electron chi connectivity index (χ1n) is 11.5. The quantitative estimate of drug-likeness (QED) is 0.600. The zero-order chi connectivity index (χ0) is 22.8. The molecule has 6 heteroatoms. The van der Waals surface area contributed by atoms with Gasteiger partial charge in [0.15, 0.2) is 6.61 Å². The van der Waals surface area contributed by atoms with Crippen LogP contribution in [0.1, 0.15) is 51.0 Å². The van der Waals surface area contributed by atoms with Gasteiger partial charge in [-0.15, -0.1) is 0 Å². The van der Waals surface area contributed by atoms with Crippen molar-refractivity contribution in [3.8, 4) is 11.5 Å². The van der Waals surface area contributed by atoms with Crippen LogP contribution in [0.3, 0.4) is 0 Å². The van der Waals surface area contributed by atoms with Crippen LogP contribution < -0.4 is 14.8 Å². The number of hydrogen-bond acceptors (Lipinski definition) is 4. The van der Waals surface area contributed by atoms with Crippen molar-refractivity contribution in [3.63, 3.8) is 0 Å². The van der Waals surface area contributed by atoms with Crippen LogP contribution in [0.15, 0.2) is 54.6 Å². The molecule has 2 aromatic carbocycles. The molecule has 0 saturated heterocycles. The number of ether oxygens (including phenoxy) is 2. The maximum Gasteiger partial charge on any atom is 0.261 e. The molecule has 1 aliphatic rings. The minimum absolute atomic E-state index is 0.0824. The van der Waals surface area contributed by atoms with E-state index in [2.05, 4.69) is 5.32 Å². The maximum absolute atomic E-state index is 13.2. The third-order valence-corrected chi connectivity index (χ3v) is 5.95. The Labute approximate surface area is 190 Å². The molecule has 0 heterocycles. The van der Waals surface area contributed by atoms with Gasteiger partial charge in [-0.05, 0) is 49.1 Å². The second kappa shape index (κ2) is 12.1. The summed E-state index contributed by atoms with van der Waals surface area (Å²) in [6.45, 7) is 2.16. The molecule has 0 spiro atoms. The third kappa shape index (κ3) is 6.74. The van der Waals surface area contributed by atoms with Crippen LogP contribution in [0.25, 0.3) is 0 Å². The average molecular weight is 439 g/mol. The minimum atomic E-state index is -0.550. The molecule has 2 amide bonds. The van der Waals surface area contributed by atoms with Crippen LogP contribution in [-0.4, -0.2) is 42.5 Å². The molecule has 1 atom stereocenters. The molecule has 2 aromatic rings. The summed E-state index contributed by atoms with van der Waals surface area (Å²) in [7, 11) is 1.62. The largest absolute Gasteiger partial charge is 0.497 e. The van der Waals surface area contributed by atoms with Gasteiger partial charge in [-0.1, -0.05) is 56.5 Å². The first-order chi connectivity index (χ1) is 15.6. The molecule has 0 radical (unpaired) electrons.